The molecular formula is C26H43BO3. The van der Waals surface area contributed by atoms with E-state index in [4.69, 9.17) is 9.84 Å². The summed E-state index contributed by atoms with van der Waals surface area (Å²) in [5.74, 6) is 3.20. The minimum absolute atomic E-state index is 0. The van der Waals surface area contributed by atoms with Gasteiger partial charge in [0.1, 0.15) is 5.75 Å². The molecule has 0 heterocycles. The first kappa shape index (κ1) is 26.6. The number of ether oxygens (including phenoxy) is 1. The van der Waals surface area contributed by atoms with Crippen molar-refractivity contribution in [2.45, 2.75) is 91.9 Å². The quantitative estimate of drug-likeness (QED) is 0.363. The number of hydrogen-bond donors (Lipinski definition) is 1. The highest BCUT2D eigenvalue weighted by Crippen LogP contribution is 2.48. The molecule has 2 radical (unpaired) electrons. The van der Waals surface area contributed by atoms with Gasteiger partial charge in [-0.25, -0.2) is 4.79 Å². The van der Waals surface area contributed by atoms with Gasteiger partial charge in [0.15, 0.2) is 6.61 Å². The molecule has 30 heavy (non-hydrogen) atoms. The van der Waals surface area contributed by atoms with Crippen molar-refractivity contribution in [3.63, 3.8) is 0 Å². The highest BCUT2D eigenvalue weighted by Gasteiger charge is 2.39. The molecule has 0 aliphatic heterocycles. The van der Waals surface area contributed by atoms with Crippen LogP contribution in [0.2, 0.25) is 0 Å². The predicted molar refractivity (Wildman–Crippen MR) is 128 cm³/mol. The third-order valence-corrected chi connectivity index (χ3v) is 6.95. The summed E-state index contributed by atoms with van der Waals surface area (Å²) in [6.07, 6.45) is 13.2. The van der Waals surface area contributed by atoms with Crippen LogP contribution in [0.4, 0.5) is 0 Å². The molecule has 168 valence electrons. The number of rotatable bonds is 10. The van der Waals surface area contributed by atoms with E-state index in [2.05, 4.69) is 19.9 Å². The number of carboxylic acids is 1. The molecule has 1 saturated carbocycles. The van der Waals surface area contributed by atoms with Gasteiger partial charge in [0, 0.05) is 8.41 Å². The Hall–Kier alpha value is -1.45. The molecular weight excluding hydrogens is 371 g/mol. The van der Waals surface area contributed by atoms with Crippen molar-refractivity contribution < 1.29 is 14.6 Å². The zero-order valence-electron chi connectivity index (χ0n) is 19.8. The Balaban J connectivity index is 0.00000146. The molecule has 0 aromatic heterocycles. The number of fused-ring (bicyclic) bond motifs is 2. The molecule has 1 unspecified atom stereocenters. The molecule has 4 atom stereocenters. The van der Waals surface area contributed by atoms with Gasteiger partial charge in [-0.1, -0.05) is 71.9 Å². The number of benzene rings is 1. The Morgan fingerprint density at radius 2 is 1.93 bits per heavy atom. The highest BCUT2D eigenvalue weighted by atomic mass is 16.5. The van der Waals surface area contributed by atoms with E-state index in [0.29, 0.717) is 0 Å². The maximum absolute atomic E-state index is 10.9. The van der Waals surface area contributed by atoms with E-state index < -0.39 is 5.97 Å². The molecule has 1 fully saturated rings. The first-order valence-electron chi connectivity index (χ1n) is 12.0. The van der Waals surface area contributed by atoms with E-state index in [9.17, 15) is 4.79 Å². The fourth-order valence-electron chi connectivity index (χ4n) is 5.40. The van der Waals surface area contributed by atoms with Crippen LogP contribution < -0.4 is 4.74 Å². The van der Waals surface area contributed by atoms with Crippen molar-refractivity contribution in [3.8, 4) is 5.75 Å². The van der Waals surface area contributed by atoms with Crippen molar-refractivity contribution in [1.29, 1.82) is 0 Å². The summed E-state index contributed by atoms with van der Waals surface area (Å²) in [6, 6.07) is 6.19. The second-order valence-corrected chi connectivity index (χ2v) is 8.92. The molecule has 2 aliphatic rings. The van der Waals surface area contributed by atoms with Crippen LogP contribution in [-0.2, 0) is 17.6 Å². The molecule has 1 aromatic rings. The van der Waals surface area contributed by atoms with E-state index in [0.717, 1.165) is 42.3 Å². The fraction of sp³-hybridized carbons (Fsp3) is 0.731. The summed E-state index contributed by atoms with van der Waals surface area (Å²) in [5, 5.41) is 8.91. The van der Waals surface area contributed by atoms with Crippen LogP contribution in [0, 0.1) is 23.7 Å². The largest absolute Gasteiger partial charge is 0.482 e. The summed E-state index contributed by atoms with van der Waals surface area (Å²) in [6.45, 7) is 8.47. The molecule has 0 saturated heterocycles. The standard InChI is InChI=1S/C24H36O3.C2H6.BH/c1-3-4-5-7-17(2)10-11-18-12-13-20-15-22-19(14-21(18)20)8-6-9-23(22)27-16-24(25)26;1-2;/h6,8-9,17-18,20-21H,3-5,7,10-16H2,1-2H3,(H,25,26);1-2H3;1H/t17?,18-,20+,21+;;/m0../s1. The smallest absolute Gasteiger partial charge is 0.341 e. The van der Waals surface area contributed by atoms with E-state index in [1.54, 1.807) is 0 Å². The first-order valence-corrected chi connectivity index (χ1v) is 12.0. The summed E-state index contributed by atoms with van der Waals surface area (Å²) < 4.78 is 5.57. The fourth-order valence-corrected chi connectivity index (χ4v) is 5.40. The Kier molecular flexibility index (Phi) is 12.2. The van der Waals surface area contributed by atoms with Gasteiger partial charge < -0.3 is 9.84 Å². The van der Waals surface area contributed by atoms with E-state index in [-0.39, 0.29) is 15.0 Å². The molecule has 1 aromatic carbocycles. The van der Waals surface area contributed by atoms with Crippen LogP contribution >= 0.6 is 0 Å². The second kappa shape index (κ2) is 13.8. The Morgan fingerprint density at radius 1 is 1.17 bits per heavy atom. The van der Waals surface area contributed by atoms with Crippen LogP contribution in [0.3, 0.4) is 0 Å². The summed E-state index contributed by atoms with van der Waals surface area (Å²) >= 11 is 0. The van der Waals surface area contributed by atoms with Gasteiger partial charge in [0.05, 0.1) is 0 Å². The van der Waals surface area contributed by atoms with Gasteiger partial charge in [0.2, 0.25) is 0 Å². The Labute approximate surface area is 186 Å². The van der Waals surface area contributed by atoms with E-state index in [1.165, 1.54) is 62.5 Å². The number of carboxylic acid groups (broad SMARTS) is 1. The van der Waals surface area contributed by atoms with E-state index in [1.807, 2.05) is 26.0 Å². The van der Waals surface area contributed by atoms with Gasteiger partial charge in [0.25, 0.3) is 0 Å². The van der Waals surface area contributed by atoms with Gasteiger partial charge in [-0.15, -0.1) is 0 Å². The maximum atomic E-state index is 10.9. The number of aliphatic carboxylic acids is 1. The average molecular weight is 414 g/mol. The van der Waals surface area contributed by atoms with Crippen molar-refractivity contribution >= 4 is 14.4 Å². The minimum atomic E-state index is -0.907. The molecule has 0 bridgehead atoms. The maximum Gasteiger partial charge on any atom is 0.341 e. The predicted octanol–water partition coefficient (Wildman–Crippen LogP) is 6.27. The Bertz CT molecular complexity index is 631. The summed E-state index contributed by atoms with van der Waals surface area (Å²) in [4.78, 5) is 10.9. The average Bonchev–Trinajstić information content (AvgIpc) is 3.12. The SMILES string of the molecule is CC.CCCCCC(C)CC[C@H]1CC[C@@H]2Cc3c(cccc3OCC(=O)O)C[C@H]12.[BH]. The normalized spacial score (nSPS) is 22.6. The Morgan fingerprint density at radius 3 is 2.63 bits per heavy atom. The van der Waals surface area contributed by atoms with Crippen LogP contribution in [0.1, 0.15) is 90.2 Å². The lowest BCUT2D eigenvalue weighted by Crippen LogP contribution is -2.26. The number of hydrogen-bond acceptors (Lipinski definition) is 2. The molecule has 3 rings (SSSR count). The minimum Gasteiger partial charge on any atom is -0.482 e. The molecule has 0 spiro atoms. The summed E-state index contributed by atoms with van der Waals surface area (Å²) in [7, 11) is 0. The zero-order chi connectivity index (χ0) is 21.2. The lowest BCUT2D eigenvalue weighted by atomic mass is 9.73. The third-order valence-electron chi connectivity index (χ3n) is 6.95. The first-order chi connectivity index (χ1) is 14.1. The van der Waals surface area contributed by atoms with Crippen LogP contribution in [0.15, 0.2) is 18.2 Å². The number of unbranched alkanes of at least 4 members (excludes halogenated alkanes) is 2. The van der Waals surface area contributed by atoms with Crippen molar-refractivity contribution in [2.24, 2.45) is 23.7 Å². The monoisotopic (exact) mass is 414 g/mol. The topological polar surface area (TPSA) is 46.5 Å². The lowest BCUT2D eigenvalue weighted by molar-refractivity contribution is -0.139. The zero-order valence-corrected chi connectivity index (χ0v) is 19.8. The van der Waals surface area contributed by atoms with Gasteiger partial charge in [-0.05, 0) is 73.0 Å². The third kappa shape index (κ3) is 7.36. The van der Waals surface area contributed by atoms with Crippen LogP contribution in [0.25, 0.3) is 0 Å². The van der Waals surface area contributed by atoms with E-state index >= 15 is 0 Å². The molecule has 4 heteroatoms. The van der Waals surface area contributed by atoms with Crippen molar-refractivity contribution in [2.75, 3.05) is 6.61 Å². The molecule has 2 aliphatic carbocycles. The molecule has 0 amide bonds. The van der Waals surface area contributed by atoms with Gasteiger partial charge in [-0.3, -0.25) is 0 Å². The van der Waals surface area contributed by atoms with Gasteiger partial charge >= 0.3 is 5.97 Å². The molecule has 1 N–H and O–H groups in total. The lowest BCUT2D eigenvalue weighted by Gasteiger charge is -2.32. The highest BCUT2D eigenvalue weighted by molar-refractivity contribution is 5.75. The number of carbonyl (C=O) groups is 1. The second-order valence-electron chi connectivity index (χ2n) is 8.92. The van der Waals surface area contributed by atoms with Crippen LogP contribution in [-0.4, -0.2) is 26.1 Å². The van der Waals surface area contributed by atoms with Crippen LogP contribution in [0.5, 0.6) is 5.75 Å². The molecule has 3 nitrogen and oxygen atoms in total. The van der Waals surface area contributed by atoms with Crippen molar-refractivity contribution in [3.05, 3.63) is 29.3 Å². The van der Waals surface area contributed by atoms with Crippen molar-refractivity contribution in [1.82, 2.24) is 0 Å². The summed E-state index contributed by atoms with van der Waals surface area (Å²) in [5.41, 5.74) is 2.66. The van der Waals surface area contributed by atoms with Gasteiger partial charge in [-0.2, -0.15) is 0 Å².